The molecule has 2 amide bonds. The Morgan fingerprint density at radius 3 is 2.74 bits per heavy atom. The van der Waals surface area contributed by atoms with Crippen LogP contribution in [0.25, 0.3) is 0 Å². The average molecular weight is 335 g/mol. The van der Waals surface area contributed by atoms with Crippen LogP contribution in [-0.4, -0.2) is 29.3 Å². The molecule has 1 saturated carbocycles. The van der Waals surface area contributed by atoms with Crippen LogP contribution in [0, 0.1) is 12.8 Å². The Balaban J connectivity index is 1.64. The highest BCUT2D eigenvalue weighted by Gasteiger charge is 2.38. The van der Waals surface area contributed by atoms with Gasteiger partial charge in [-0.25, -0.2) is 0 Å². The summed E-state index contributed by atoms with van der Waals surface area (Å²) < 4.78 is 0. The molecule has 0 radical (unpaired) electrons. The maximum atomic E-state index is 12.5. The van der Waals surface area contributed by atoms with Crippen LogP contribution in [0.1, 0.15) is 44.1 Å². The monoisotopic (exact) mass is 334 g/mol. The van der Waals surface area contributed by atoms with Gasteiger partial charge in [0.25, 0.3) is 0 Å². The van der Waals surface area contributed by atoms with E-state index in [1.165, 1.54) is 19.3 Å². The van der Waals surface area contributed by atoms with Gasteiger partial charge in [0, 0.05) is 29.7 Å². The Bertz CT molecular complexity index is 611. The molecule has 2 fully saturated rings. The fraction of sp³-hybridized carbons (Fsp3) is 0.556. The standard InChI is InChI=1S/C18H23ClN2O2/c1-12-7-8-14(19)10-16(12)20-18(23)13-9-17(22)21(11-13)15-5-3-2-4-6-15/h7-8,10,13,15H,2-6,9,11H2,1H3,(H,20,23)/t13-/m1/s1. The Morgan fingerprint density at radius 1 is 1.26 bits per heavy atom. The molecule has 1 aromatic carbocycles. The second-order valence-corrected chi connectivity index (χ2v) is 7.12. The number of hydrogen-bond acceptors (Lipinski definition) is 2. The van der Waals surface area contributed by atoms with Crippen molar-refractivity contribution in [1.82, 2.24) is 4.90 Å². The molecule has 1 aliphatic heterocycles. The summed E-state index contributed by atoms with van der Waals surface area (Å²) in [4.78, 5) is 26.7. The van der Waals surface area contributed by atoms with Gasteiger partial charge in [-0.05, 0) is 37.5 Å². The molecule has 2 aliphatic rings. The van der Waals surface area contributed by atoms with Gasteiger partial charge in [0.1, 0.15) is 0 Å². The molecule has 0 unspecified atom stereocenters. The highest BCUT2D eigenvalue weighted by Crippen LogP contribution is 2.29. The van der Waals surface area contributed by atoms with Crippen molar-refractivity contribution in [1.29, 1.82) is 0 Å². The summed E-state index contributed by atoms with van der Waals surface area (Å²) in [5.74, 6) is -0.218. The van der Waals surface area contributed by atoms with E-state index in [0.29, 0.717) is 24.0 Å². The summed E-state index contributed by atoms with van der Waals surface area (Å²) in [5.41, 5.74) is 1.70. The smallest absolute Gasteiger partial charge is 0.229 e. The molecule has 0 bridgehead atoms. The summed E-state index contributed by atoms with van der Waals surface area (Å²) in [6, 6.07) is 5.77. The third-order valence-electron chi connectivity index (χ3n) is 5.00. The number of nitrogens with one attached hydrogen (secondary N) is 1. The van der Waals surface area contributed by atoms with Gasteiger partial charge in [0.05, 0.1) is 5.92 Å². The molecule has 1 heterocycles. The molecular weight excluding hydrogens is 312 g/mol. The number of halogens is 1. The van der Waals surface area contributed by atoms with Gasteiger partial charge in [-0.3, -0.25) is 9.59 Å². The first-order chi connectivity index (χ1) is 11.0. The van der Waals surface area contributed by atoms with Crippen LogP contribution in [0.2, 0.25) is 5.02 Å². The Kier molecular flexibility index (Phi) is 4.90. The Hall–Kier alpha value is -1.55. The number of carbonyl (C=O) groups is 2. The van der Waals surface area contributed by atoms with Gasteiger partial charge >= 0.3 is 0 Å². The SMILES string of the molecule is Cc1ccc(Cl)cc1NC(=O)[C@@H]1CC(=O)N(C2CCCCC2)C1. The van der Waals surface area contributed by atoms with Gasteiger partial charge < -0.3 is 10.2 Å². The minimum atomic E-state index is -0.261. The minimum absolute atomic E-state index is 0.0815. The number of likely N-dealkylation sites (tertiary alicyclic amines) is 1. The van der Waals surface area contributed by atoms with E-state index in [1.54, 1.807) is 12.1 Å². The normalized spacial score (nSPS) is 22.4. The molecule has 0 aromatic heterocycles. The van der Waals surface area contributed by atoms with Crippen LogP contribution in [0.4, 0.5) is 5.69 Å². The number of rotatable bonds is 3. The lowest BCUT2D eigenvalue weighted by atomic mass is 9.94. The summed E-state index contributed by atoms with van der Waals surface area (Å²) in [5, 5.41) is 3.53. The quantitative estimate of drug-likeness (QED) is 0.914. The molecule has 124 valence electrons. The van der Waals surface area contributed by atoms with Crippen molar-refractivity contribution < 1.29 is 9.59 Å². The predicted molar refractivity (Wildman–Crippen MR) is 91.5 cm³/mol. The van der Waals surface area contributed by atoms with Crippen LogP contribution in [0.3, 0.4) is 0 Å². The van der Waals surface area contributed by atoms with E-state index in [-0.39, 0.29) is 17.7 Å². The predicted octanol–water partition coefficient (Wildman–Crippen LogP) is 3.77. The number of amides is 2. The van der Waals surface area contributed by atoms with Crippen molar-refractivity contribution in [3.8, 4) is 0 Å². The van der Waals surface area contributed by atoms with Crippen molar-refractivity contribution in [3.63, 3.8) is 0 Å². The van der Waals surface area contributed by atoms with E-state index in [1.807, 2.05) is 17.9 Å². The first kappa shape index (κ1) is 16.3. The lowest BCUT2D eigenvalue weighted by Gasteiger charge is -2.31. The Labute approximate surface area is 142 Å². The summed E-state index contributed by atoms with van der Waals surface area (Å²) in [6.07, 6.45) is 6.11. The van der Waals surface area contributed by atoms with Crippen LogP contribution < -0.4 is 5.32 Å². The van der Waals surface area contributed by atoms with E-state index in [2.05, 4.69) is 5.32 Å². The van der Waals surface area contributed by atoms with Crippen LogP contribution in [0.15, 0.2) is 18.2 Å². The zero-order chi connectivity index (χ0) is 16.4. The molecule has 1 N–H and O–H groups in total. The van der Waals surface area contributed by atoms with Gasteiger partial charge in [-0.15, -0.1) is 0 Å². The third-order valence-corrected chi connectivity index (χ3v) is 5.24. The van der Waals surface area contributed by atoms with Crippen molar-refractivity contribution in [2.45, 2.75) is 51.5 Å². The van der Waals surface area contributed by atoms with Crippen molar-refractivity contribution in [2.24, 2.45) is 5.92 Å². The van der Waals surface area contributed by atoms with E-state index in [0.717, 1.165) is 24.1 Å². The molecule has 4 nitrogen and oxygen atoms in total. The topological polar surface area (TPSA) is 49.4 Å². The maximum Gasteiger partial charge on any atom is 0.229 e. The Morgan fingerprint density at radius 2 is 2.00 bits per heavy atom. The molecular formula is C18H23ClN2O2. The molecule has 1 aromatic rings. The van der Waals surface area contributed by atoms with Crippen molar-refractivity contribution in [2.75, 3.05) is 11.9 Å². The lowest BCUT2D eigenvalue weighted by Crippen LogP contribution is -2.38. The molecule has 0 spiro atoms. The first-order valence-corrected chi connectivity index (χ1v) is 8.79. The van der Waals surface area contributed by atoms with Crippen molar-refractivity contribution >= 4 is 29.1 Å². The van der Waals surface area contributed by atoms with Gasteiger partial charge in [-0.2, -0.15) is 0 Å². The van der Waals surface area contributed by atoms with Gasteiger partial charge in [-0.1, -0.05) is 36.9 Å². The highest BCUT2D eigenvalue weighted by molar-refractivity contribution is 6.31. The van der Waals surface area contributed by atoms with Gasteiger partial charge in [0.2, 0.25) is 11.8 Å². The second kappa shape index (κ2) is 6.91. The zero-order valence-electron chi connectivity index (χ0n) is 13.5. The first-order valence-electron chi connectivity index (χ1n) is 8.41. The number of nitrogens with zero attached hydrogens (tertiary/aromatic N) is 1. The molecule has 5 heteroatoms. The fourth-order valence-electron chi connectivity index (χ4n) is 3.62. The summed E-state index contributed by atoms with van der Waals surface area (Å²) >= 11 is 5.99. The van der Waals surface area contributed by atoms with Crippen LogP contribution in [-0.2, 0) is 9.59 Å². The fourth-order valence-corrected chi connectivity index (χ4v) is 3.79. The van der Waals surface area contributed by atoms with Crippen LogP contribution in [0.5, 0.6) is 0 Å². The lowest BCUT2D eigenvalue weighted by molar-refractivity contribution is -0.130. The molecule has 1 saturated heterocycles. The number of aryl methyl sites for hydroxylation is 1. The molecule has 23 heavy (non-hydrogen) atoms. The molecule has 1 aliphatic carbocycles. The van der Waals surface area contributed by atoms with Gasteiger partial charge in [0.15, 0.2) is 0 Å². The molecule has 1 atom stereocenters. The highest BCUT2D eigenvalue weighted by atomic mass is 35.5. The van der Waals surface area contributed by atoms with E-state index >= 15 is 0 Å². The van der Waals surface area contributed by atoms with Crippen LogP contribution >= 0.6 is 11.6 Å². The second-order valence-electron chi connectivity index (χ2n) is 6.69. The summed E-state index contributed by atoms with van der Waals surface area (Å²) in [7, 11) is 0. The summed E-state index contributed by atoms with van der Waals surface area (Å²) in [6.45, 7) is 2.48. The molecule has 3 rings (SSSR count). The average Bonchev–Trinajstić information content (AvgIpc) is 2.94. The largest absolute Gasteiger partial charge is 0.339 e. The van der Waals surface area contributed by atoms with E-state index in [4.69, 9.17) is 11.6 Å². The van der Waals surface area contributed by atoms with E-state index in [9.17, 15) is 9.59 Å². The maximum absolute atomic E-state index is 12.5. The number of hydrogen-bond donors (Lipinski definition) is 1. The van der Waals surface area contributed by atoms with E-state index < -0.39 is 0 Å². The number of carbonyl (C=O) groups excluding carboxylic acids is 2. The third kappa shape index (κ3) is 3.69. The number of benzene rings is 1. The van der Waals surface area contributed by atoms with Crippen molar-refractivity contribution in [3.05, 3.63) is 28.8 Å². The number of anilines is 1. The minimum Gasteiger partial charge on any atom is -0.339 e. The zero-order valence-corrected chi connectivity index (χ0v) is 14.2.